The normalized spacial score (nSPS) is 14.1. The summed E-state index contributed by atoms with van der Waals surface area (Å²) < 4.78 is 4.70. The molecule has 0 aromatic heterocycles. The molecule has 0 rings (SSSR count). The third-order valence-corrected chi connectivity index (χ3v) is 0.991. The number of aliphatic hydroxyl groups is 1. The van der Waals surface area contributed by atoms with E-state index in [9.17, 15) is 5.11 Å². The van der Waals surface area contributed by atoms with E-state index in [4.69, 9.17) is 9.84 Å². The summed E-state index contributed by atoms with van der Waals surface area (Å²) in [4.78, 5) is 1.91. The number of nitrogens with zero attached hydrogens (tertiary/aromatic N) is 1. The zero-order valence-electron chi connectivity index (χ0n) is 6.41. The molecule has 0 aromatic rings. The lowest BCUT2D eigenvalue weighted by Crippen LogP contribution is -2.23. The van der Waals surface area contributed by atoms with Gasteiger partial charge in [-0.05, 0) is 14.1 Å². The number of hydrogen-bond acceptors (Lipinski definition) is 3. The van der Waals surface area contributed by atoms with Crippen LogP contribution in [0.2, 0.25) is 0 Å². The number of rotatable bonds is 5. The van der Waals surface area contributed by atoms with Crippen molar-refractivity contribution >= 4 is 0 Å². The van der Waals surface area contributed by atoms with Gasteiger partial charge in [-0.25, -0.2) is 5.11 Å². The van der Waals surface area contributed by atoms with Crippen LogP contribution in [0.25, 0.3) is 0 Å². The summed E-state index contributed by atoms with van der Waals surface area (Å²) in [7, 11) is 3.79. The van der Waals surface area contributed by atoms with Crippen molar-refractivity contribution in [3.8, 4) is 0 Å². The fourth-order valence-corrected chi connectivity index (χ4v) is 0.419. The maximum absolute atomic E-state index is 9.92. The summed E-state index contributed by atoms with van der Waals surface area (Å²) in [6, 6.07) is 0. The van der Waals surface area contributed by atoms with Gasteiger partial charge in [0.2, 0.25) is 0 Å². The molecule has 1 radical (unpaired) electrons. The predicted octanol–water partition coefficient (Wildman–Crippen LogP) is -0.686. The molecular formula is C6H14NO3. The topological polar surface area (TPSA) is 52.6 Å². The van der Waals surface area contributed by atoms with Gasteiger partial charge in [0.25, 0.3) is 0 Å². The van der Waals surface area contributed by atoms with Crippen LogP contribution in [0.1, 0.15) is 0 Å². The molecule has 0 saturated carbocycles. The van der Waals surface area contributed by atoms with E-state index in [-0.39, 0.29) is 0 Å². The van der Waals surface area contributed by atoms with E-state index in [1.165, 1.54) is 0 Å². The minimum atomic E-state index is -1.14. The second-order valence-electron chi connectivity index (χ2n) is 2.30. The van der Waals surface area contributed by atoms with E-state index < -0.39 is 12.9 Å². The average molecular weight is 148 g/mol. The lowest BCUT2D eigenvalue weighted by molar-refractivity contribution is -0.138. The third kappa shape index (κ3) is 5.97. The van der Waals surface area contributed by atoms with Crippen molar-refractivity contribution in [3.05, 3.63) is 0 Å². The number of ether oxygens (including phenoxy) is 1. The Morgan fingerprint density at radius 3 is 2.60 bits per heavy atom. The maximum Gasteiger partial charge on any atom is 0.181 e. The second kappa shape index (κ2) is 5.61. The van der Waals surface area contributed by atoms with Gasteiger partial charge in [0.05, 0.1) is 6.61 Å². The van der Waals surface area contributed by atoms with Crippen LogP contribution in [0, 0.1) is 0 Å². The van der Waals surface area contributed by atoms with Crippen LogP contribution in [-0.4, -0.2) is 50.2 Å². The first kappa shape index (κ1) is 9.84. The summed E-state index contributed by atoms with van der Waals surface area (Å²) >= 11 is 0. The monoisotopic (exact) mass is 148 g/mol. The van der Waals surface area contributed by atoms with Crippen LogP contribution in [-0.2, 0) is 9.84 Å². The SMILES string of the molecule is CN(C)CCOC(O)C[O]. The molecule has 61 valence electrons. The van der Waals surface area contributed by atoms with E-state index in [2.05, 4.69) is 0 Å². The molecule has 0 aliphatic carbocycles. The van der Waals surface area contributed by atoms with Gasteiger partial charge in [-0.3, -0.25) is 0 Å². The van der Waals surface area contributed by atoms with Crippen molar-refractivity contribution in [1.29, 1.82) is 0 Å². The highest BCUT2D eigenvalue weighted by molar-refractivity contribution is 4.41. The number of hydrogen-bond donors (Lipinski definition) is 1. The molecule has 0 amide bonds. The summed E-state index contributed by atoms with van der Waals surface area (Å²) in [5.74, 6) is 0. The molecule has 4 heteroatoms. The van der Waals surface area contributed by atoms with Crippen molar-refractivity contribution in [2.75, 3.05) is 33.9 Å². The minimum Gasteiger partial charge on any atom is -0.366 e. The summed E-state index contributed by atoms with van der Waals surface area (Å²) in [5, 5.41) is 18.5. The first-order valence-electron chi connectivity index (χ1n) is 3.19. The smallest absolute Gasteiger partial charge is 0.181 e. The molecule has 0 fully saturated rings. The Balaban J connectivity index is 3.03. The van der Waals surface area contributed by atoms with Crippen molar-refractivity contribution in [2.45, 2.75) is 6.29 Å². The molecule has 0 aliphatic heterocycles. The molecule has 0 aromatic carbocycles. The summed E-state index contributed by atoms with van der Waals surface area (Å²) in [5.41, 5.74) is 0. The van der Waals surface area contributed by atoms with Crippen LogP contribution in [0.4, 0.5) is 0 Å². The van der Waals surface area contributed by atoms with Crippen LogP contribution in [0.5, 0.6) is 0 Å². The molecule has 4 nitrogen and oxygen atoms in total. The molecule has 0 heterocycles. The van der Waals surface area contributed by atoms with E-state index in [0.29, 0.717) is 6.61 Å². The van der Waals surface area contributed by atoms with E-state index >= 15 is 0 Å². The molecule has 0 spiro atoms. The van der Waals surface area contributed by atoms with Crippen molar-refractivity contribution in [1.82, 2.24) is 4.90 Å². The van der Waals surface area contributed by atoms with Gasteiger partial charge in [-0.1, -0.05) is 0 Å². The molecule has 1 atom stereocenters. The van der Waals surface area contributed by atoms with Gasteiger partial charge in [0.1, 0.15) is 6.61 Å². The van der Waals surface area contributed by atoms with E-state index in [1.54, 1.807) is 0 Å². The number of likely N-dealkylation sites (N-methyl/N-ethyl adjacent to an activating group) is 1. The molecule has 1 N–H and O–H groups in total. The van der Waals surface area contributed by atoms with E-state index in [0.717, 1.165) is 6.54 Å². The van der Waals surface area contributed by atoms with Crippen LogP contribution < -0.4 is 0 Å². The Kier molecular flexibility index (Phi) is 5.52. The average Bonchev–Trinajstić information content (AvgIpc) is 1.87. The Morgan fingerprint density at radius 2 is 2.20 bits per heavy atom. The lowest BCUT2D eigenvalue weighted by atomic mass is 10.6. The van der Waals surface area contributed by atoms with E-state index in [1.807, 2.05) is 19.0 Å². The van der Waals surface area contributed by atoms with Gasteiger partial charge >= 0.3 is 0 Å². The minimum absolute atomic E-state index is 0.399. The van der Waals surface area contributed by atoms with Gasteiger partial charge in [0, 0.05) is 6.54 Å². The van der Waals surface area contributed by atoms with Crippen LogP contribution in [0.3, 0.4) is 0 Å². The predicted molar refractivity (Wildman–Crippen MR) is 36.1 cm³/mol. The lowest BCUT2D eigenvalue weighted by Gasteiger charge is -2.11. The molecule has 0 aliphatic rings. The van der Waals surface area contributed by atoms with Gasteiger partial charge < -0.3 is 14.7 Å². The standard InChI is InChI=1S/C6H14NO3/c1-7(2)3-4-10-6(9)5-8/h6,9H,3-5H2,1-2H3. The highest BCUT2D eigenvalue weighted by Crippen LogP contribution is 1.85. The zero-order chi connectivity index (χ0) is 7.98. The molecule has 0 bridgehead atoms. The molecule has 10 heavy (non-hydrogen) atoms. The van der Waals surface area contributed by atoms with Crippen LogP contribution >= 0.6 is 0 Å². The Bertz CT molecular complexity index is 77.4. The summed E-state index contributed by atoms with van der Waals surface area (Å²) in [6.07, 6.45) is -1.14. The Labute approximate surface area is 61.0 Å². The van der Waals surface area contributed by atoms with Crippen molar-refractivity contribution < 1.29 is 14.9 Å². The Morgan fingerprint density at radius 1 is 1.60 bits per heavy atom. The zero-order valence-corrected chi connectivity index (χ0v) is 6.41. The third-order valence-electron chi connectivity index (χ3n) is 0.991. The highest BCUT2D eigenvalue weighted by Gasteiger charge is 2.00. The number of aliphatic hydroxyl groups excluding tert-OH is 1. The van der Waals surface area contributed by atoms with Gasteiger partial charge in [-0.15, -0.1) is 0 Å². The molecule has 1 unspecified atom stereocenters. The largest absolute Gasteiger partial charge is 0.366 e. The quantitative estimate of drug-likeness (QED) is 0.525. The molecule has 0 saturated heterocycles. The fraction of sp³-hybridized carbons (Fsp3) is 1.00. The first-order chi connectivity index (χ1) is 4.66. The van der Waals surface area contributed by atoms with Crippen molar-refractivity contribution in [3.63, 3.8) is 0 Å². The van der Waals surface area contributed by atoms with Crippen LogP contribution in [0.15, 0.2) is 0 Å². The summed E-state index contributed by atoms with van der Waals surface area (Å²) in [6.45, 7) is 0.529. The Hall–Kier alpha value is -0.160. The second-order valence-corrected chi connectivity index (χ2v) is 2.30. The first-order valence-corrected chi connectivity index (χ1v) is 3.19. The van der Waals surface area contributed by atoms with Gasteiger partial charge in [0.15, 0.2) is 6.29 Å². The van der Waals surface area contributed by atoms with Gasteiger partial charge in [-0.2, -0.15) is 0 Å². The van der Waals surface area contributed by atoms with Crippen molar-refractivity contribution in [2.24, 2.45) is 0 Å². The fourth-order valence-electron chi connectivity index (χ4n) is 0.419. The maximum atomic E-state index is 9.92. The molecular weight excluding hydrogens is 134 g/mol. The highest BCUT2D eigenvalue weighted by atomic mass is 16.6.